The molecule has 1 aliphatic carbocycles. The molecule has 0 nitrogen and oxygen atoms in total. The van der Waals surface area contributed by atoms with E-state index < -0.39 is 0 Å². The molecule has 0 aromatic heterocycles. The van der Waals surface area contributed by atoms with E-state index in [1.54, 1.807) is 3.33 Å². The van der Waals surface area contributed by atoms with E-state index in [1.165, 1.54) is 22.3 Å². The molecule has 0 radical (unpaired) electrons. The van der Waals surface area contributed by atoms with Crippen LogP contribution >= 0.6 is 24.8 Å². The molecule has 0 saturated heterocycles. The molecule has 0 N–H and O–H groups in total. The van der Waals surface area contributed by atoms with E-state index in [9.17, 15) is 0 Å². The molecule has 0 unspecified atom stereocenters. The number of benzene rings is 2. The number of hydrogen-bond donors (Lipinski definition) is 0. The maximum absolute atomic E-state index is 2.37. The first-order chi connectivity index (χ1) is 8.84. The standard InChI is InChI=1S/C17H13.2ClH.Hf/c1-3-7-14(8-4-1)16-11-12-17(13-16)15-9-5-2-6-10-15;;;/h1-10,13H,11H2;2*1H;. The number of hydrogen-bond acceptors (Lipinski definition) is 0. The fourth-order valence-electron chi connectivity index (χ4n) is 2.31. The maximum atomic E-state index is 2.37. The first kappa shape index (κ1) is 17.4. The van der Waals surface area contributed by atoms with Gasteiger partial charge in [0.1, 0.15) is 0 Å². The molecule has 20 heavy (non-hydrogen) atoms. The molecule has 2 aromatic rings. The summed E-state index contributed by atoms with van der Waals surface area (Å²) in [4.78, 5) is 0. The molecule has 0 bridgehead atoms. The van der Waals surface area contributed by atoms with Crippen molar-refractivity contribution in [1.29, 1.82) is 0 Å². The van der Waals surface area contributed by atoms with Crippen LogP contribution in [0.4, 0.5) is 0 Å². The third-order valence-corrected chi connectivity index (χ3v) is 4.84. The number of allylic oxidation sites excluding steroid dienone is 4. The molecule has 1 aliphatic rings. The Labute approximate surface area is 147 Å². The Morgan fingerprint density at radius 3 is 1.75 bits per heavy atom. The van der Waals surface area contributed by atoms with Crippen LogP contribution in [0.5, 0.6) is 0 Å². The van der Waals surface area contributed by atoms with Crippen LogP contribution in [0.15, 0.2) is 70.1 Å². The quantitative estimate of drug-likeness (QED) is 0.527. The molecule has 0 amide bonds. The van der Waals surface area contributed by atoms with Gasteiger partial charge in [-0.2, -0.15) is 0 Å². The number of halogens is 2. The second-order valence-electron chi connectivity index (χ2n) is 4.47. The van der Waals surface area contributed by atoms with Crippen molar-refractivity contribution >= 4 is 36.0 Å². The van der Waals surface area contributed by atoms with Gasteiger partial charge in [-0.15, -0.1) is 24.8 Å². The third kappa shape index (κ3) is 3.72. The Balaban J connectivity index is 0.000001000. The molecule has 3 heteroatoms. The predicted molar refractivity (Wildman–Crippen MR) is 86.9 cm³/mol. The van der Waals surface area contributed by atoms with Crippen molar-refractivity contribution < 1.29 is 24.4 Å². The van der Waals surface area contributed by atoms with Crippen LogP contribution in [-0.2, 0) is 24.4 Å². The Kier molecular flexibility index (Phi) is 6.94. The second-order valence-corrected chi connectivity index (χ2v) is 6.64. The molecular formula is C17H15Cl2Hf. The zero-order chi connectivity index (χ0) is 12.4. The molecule has 0 saturated carbocycles. The zero-order valence-electron chi connectivity index (χ0n) is 10.9. The summed E-state index contributed by atoms with van der Waals surface area (Å²) in [5.74, 6) is 0. The van der Waals surface area contributed by atoms with E-state index in [2.05, 4.69) is 66.7 Å². The molecule has 101 valence electrons. The molecule has 0 aliphatic heterocycles. The summed E-state index contributed by atoms with van der Waals surface area (Å²) in [5.41, 5.74) is 5.62. The van der Waals surface area contributed by atoms with E-state index in [0.717, 1.165) is 30.8 Å². The third-order valence-electron chi connectivity index (χ3n) is 3.24. The van der Waals surface area contributed by atoms with Crippen molar-refractivity contribution in [2.24, 2.45) is 0 Å². The summed E-state index contributed by atoms with van der Waals surface area (Å²) in [6.45, 7) is 0. The van der Waals surface area contributed by atoms with Gasteiger partial charge in [-0.1, -0.05) is 0 Å². The monoisotopic (exact) mass is 469 g/mol. The molecule has 0 atom stereocenters. The number of rotatable bonds is 2. The van der Waals surface area contributed by atoms with Gasteiger partial charge in [0.25, 0.3) is 0 Å². The van der Waals surface area contributed by atoms with Crippen molar-refractivity contribution in [3.63, 3.8) is 0 Å². The minimum absolute atomic E-state index is 0. The van der Waals surface area contributed by atoms with Gasteiger partial charge in [-0.05, 0) is 0 Å². The van der Waals surface area contributed by atoms with Gasteiger partial charge in [-0.25, -0.2) is 0 Å². The van der Waals surface area contributed by atoms with Crippen molar-refractivity contribution in [3.8, 4) is 0 Å². The Bertz CT molecular complexity index is 616. The molecule has 0 spiro atoms. The summed E-state index contributed by atoms with van der Waals surface area (Å²) in [6, 6.07) is 21.4. The summed E-state index contributed by atoms with van der Waals surface area (Å²) < 4.78 is 1.60. The summed E-state index contributed by atoms with van der Waals surface area (Å²) >= 11 is 1.14. The molecule has 3 rings (SSSR count). The molecule has 2 aromatic carbocycles. The fraction of sp³-hybridized carbons (Fsp3) is 0.0588. The van der Waals surface area contributed by atoms with Crippen LogP contribution in [0.1, 0.15) is 17.5 Å². The summed E-state index contributed by atoms with van der Waals surface area (Å²) in [7, 11) is 0. The van der Waals surface area contributed by atoms with Gasteiger partial charge in [0.2, 0.25) is 0 Å². The van der Waals surface area contributed by atoms with Crippen molar-refractivity contribution in [2.45, 2.75) is 6.42 Å². The second kappa shape index (κ2) is 7.97. The fourth-order valence-corrected chi connectivity index (χ4v) is 3.77. The van der Waals surface area contributed by atoms with Crippen molar-refractivity contribution in [1.82, 2.24) is 0 Å². The average Bonchev–Trinajstić information content (AvgIpc) is 2.83. The van der Waals surface area contributed by atoms with Gasteiger partial charge in [0, 0.05) is 0 Å². The first-order valence-electron chi connectivity index (χ1n) is 6.11. The van der Waals surface area contributed by atoms with Gasteiger partial charge >= 0.3 is 123 Å². The van der Waals surface area contributed by atoms with E-state index in [-0.39, 0.29) is 24.8 Å². The van der Waals surface area contributed by atoms with Gasteiger partial charge in [-0.3, -0.25) is 0 Å². The normalized spacial score (nSPS) is 13.2. The van der Waals surface area contributed by atoms with Crippen molar-refractivity contribution in [2.75, 3.05) is 0 Å². The summed E-state index contributed by atoms with van der Waals surface area (Å²) in [5, 5.41) is 0. The van der Waals surface area contributed by atoms with Crippen LogP contribution in [0, 0.1) is 0 Å². The van der Waals surface area contributed by atoms with Crippen LogP contribution in [0.2, 0.25) is 0 Å². The van der Waals surface area contributed by atoms with E-state index in [0.29, 0.717) is 0 Å². The topological polar surface area (TPSA) is 0 Å². The predicted octanol–water partition coefficient (Wildman–Crippen LogP) is 5.28. The Morgan fingerprint density at radius 2 is 1.20 bits per heavy atom. The Hall–Kier alpha value is -0.630. The van der Waals surface area contributed by atoms with Crippen LogP contribution in [0.3, 0.4) is 0 Å². The first-order valence-corrected chi connectivity index (χ1v) is 7.90. The zero-order valence-corrected chi connectivity index (χ0v) is 16.1. The average molecular weight is 469 g/mol. The van der Waals surface area contributed by atoms with E-state index in [1.807, 2.05) is 0 Å². The minimum atomic E-state index is 0. The van der Waals surface area contributed by atoms with E-state index in [4.69, 9.17) is 0 Å². The van der Waals surface area contributed by atoms with Crippen LogP contribution in [-0.4, -0.2) is 0 Å². The molecule has 0 fully saturated rings. The SMILES string of the molecule is Cl.Cl.[Hf][C]1=C(c2ccccc2)C=C(c2ccccc2)C1. The molecule has 0 heterocycles. The van der Waals surface area contributed by atoms with Crippen LogP contribution < -0.4 is 0 Å². The van der Waals surface area contributed by atoms with E-state index >= 15 is 0 Å². The van der Waals surface area contributed by atoms with Gasteiger partial charge in [0.15, 0.2) is 0 Å². The molecular weight excluding hydrogens is 454 g/mol. The van der Waals surface area contributed by atoms with Gasteiger partial charge < -0.3 is 0 Å². The van der Waals surface area contributed by atoms with Crippen LogP contribution in [0.25, 0.3) is 11.1 Å². The Morgan fingerprint density at radius 1 is 0.700 bits per heavy atom. The summed E-state index contributed by atoms with van der Waals surface area (Å²) in [6.07, 6.45) is 3.49. The van der Waals surface area contributed by atoms with Crippen molar-refractivity contribution in [3.05, 3.63) is 81.2 Å². The van der Waals surface area contributed by atoms with Gasteiger partial charge in [0.05, 0.1) is 0 Å².